The predicted molar refractivity (Wildman–Crippen MR) is 21.9 cm³/mol. The minimum absolute atomic E-state index is 0. The molecule has 0 aliphatic carbocycles. The van der Waals surface area contributed by atoms with Gasteiger partial charge in [-0.25, -0.2) is 0 Å². The van der Waals surface area contributed by atoms with Crippen LogP contribution >= 0.6 is 12.4 Å². The van der Waals surface area contributed by atoms with Crippen molar-refractivity contribution in [2.75, 3.05) is 0 Å². The first-order chi connectivity index (χ1) is 2.00. The van der Waals surface area contributed by atoms with Gasteiger partial charge in [0.1, 0.15) is 0 Å². The molecule has 4 N–H and O–H groups in total. The molecule has 0 aliphatic rings. The van der Waals surface area contributed by atoms with Crippen molar-refractivity contribution in [2.45, 2.75) is 0 Å². The summed E-state index contributed by atoms with van der Waals surface area (Å²) in [4.78, 5) is 29.3. The largest absolute Gasteiger partial charge is 0.668 e. The summed E-state index contributed by atoms with van der Waals surface area (Å²) in [6, 6.07) is 0. The normalized spacial score (nSPS) is 8.57. The number of hydrogen-bond acceptors (Lipinski definition) is 4. The maximum absolute atomic E-state index is 7.33. The second-order valence-electron chi connectivity index (χ2n) is 0.600. The van der Waals surface area contributed by atoms with Crippen LogP contribution in [0.15, 0.2) is 0 Å². The van der Waals surface area contributed by atoms with Crippen LogP contribution in [0.3, 0.4) is 0 Å². The van der Waals surface area contributed by atoms with Crippen LogP contribution in [0.4, 0.5) is 0 Å². The van der Waals surface area contributed by atoms with Crippen LogP contribution in [0.2, 0.25) is 0 Å². The Hall–Kier alpha value is 1.09. The van der Waals surface area contributed by atoms with Gasteiger partial charge in [-0.1, -0.05) is 0 Å². The summed E-state index contributed by atoms with van der Waals surface area (Å²) < 4.78 is 0. The minimum atomic E-state index is -4.61. The van der Waals surface area contributed by atoms with Crippen LogP contribution in [0.1, 0.15) is 0 Å². The van der Waals surface area contributed by atoms with E-state index >= 15 is 0 Å². The number of rotatable bonds is 0. The van der Waals surface area contributed by atoms with Gasteiger partial charge in [0, 0.05) is 22.4 Å². The molecule has 0 aromatic heterocycles. The maximum Gasteiger partial charge on any atom is 0.668 e. The zero-order chi connectivity index (χ0) is 4.50. The molecule has 7 heteroatoms. The van der Waals surface area contributed by atoms with E-state index in [4.69, 9.17) is 19.2 Å². The molecule has 0 amide bonds. The second-order valence-corrected chi connectivity index (χ2v) is 1.80. The Balaban J connectivity index is -0.0000000800. The van der Waals surface area contributed by atoms with Crippen molar-refractivity contribution >= 4 is 21.5 Å². The van der Waals surface area contributed by atoms with E-state index in [-0.39, 0.29) is 34.8 Å². The Kier molecular flexibility index (Phi) is 11.7. The molecule has 0 rings (SSSR count). The summed E-state index contributed by atoms with van der Waals surface area (Å²) in [6.45, 7) is 0. The molecule has 0 atom stereocenters. The van der Waals surface area contributed by atoms with Gasteiger partial charge in [-0.05, 0) is 0 Å². The smallest absolute Gasteiger partial charge is 0.368 e. The molecule has 0 bridgehead atoms. The summed E-state index contributed by atoms with van der Waals surface area (Å²) in [5, 5.41) is 0. The summed E-state index contributed by atoms with van der Waals surface area (Å²) in [5.74, 6) is 0. The molecule has 0 aliphatic heterocycles. The molecular formula is H5AgClO4Si. The fourth-order valence-electron chi connectivity index (χ4n) is 0. The molecule has 1 radical (unpaired) electrons. The predicted octanol–water partition coefficient (Wildman–Crippen LogP) is -2.19. The van der Waals surface area contributed by atoms with Crippen LogP contribution in [-0.2, 0) is 22.4 Å². The quantitative estimate of drug-likeness (QED) is 0.363. The van der Waals surface area contributed by atoms with Crippen LogP contribution in [0, 0.1) is 0 Å². The molecule has 0 fully saturated rings. The van der Waals surface area contributed by atoms with Crippen LogP contribution < -0.4 is 0 Å². The Labute approximate surface area is 63.2 Å². The molecule has 4 nitrogen and oxygen atoms in total. The Bertz CT molecular complexity index is 27.2. The molecule has 0 aromatic carbocycles. The third-order valence-electron chi connectivity index (χ3n) is 0. The van der Waals surface area contributed by atoms with Gasteiger partial charge in [0.15, 0.2) is 0 Å². The van der Waals surface area contributed by atoms with Crippen molar-refractivity contribution in [1.82, 2.24) is 0 Å². The average molecular weight is 240 g/mol. The van der Waals surface area contributed by atoms with Crippen LogP contribution in [0.5, 0.6) is 0 Å². The molecule has 0 spiro atoms. The van der Waals surface area contributed by atoms with Gasteiger partial charge in [0.25, 0.3) is 0 Å². The fourth-order valence-corrected chi connectivity index (χ4v) is 0. The van der Waals surface area contributed by atoms with E-state index in [0.717, 1.165) is 0 Å². The van der Waals surface area contributed by atoms with Gasteiger partial charge in [-0.15, -0.1) is 12.4 Å². The van der Waals surface area contributed by atoms with Crippen molar-refractivity contribution in [3.63, 3.8) is 0 Å². The Morgan fingerprint density at radius 1 is 0.857 bits per heavy atom. The van der Waals surface area contributed by atoms with Gasteiger partial charge in [-0.3, -0.25) is 0 Å². The maximum atomic E-state index is 7.33. The van der Waals surface area contributed by atoms with Crippen molar-refractivity contribution in [3.8, 4) is 0 Å². The second kappa shape index (κ2) is 5.23. The molecule has 0 aromatic rings. The number of halogens is 1. The zero-order valence-corrected chi connectivity index (χ0v) is 6.30. The Morgan fingerprint density at radius 2 is 0.857 bits per heavy atom. The summed E-state index contributed by atoms with van der Waals surface area (Å²) in [7, 11) is -4.61. The summed E-state index contributed by atoms with van der Waals surface area (Å²) in [5.41, 5.74) is 0. The molecule has 0 heterocycles. The van der Waals surface area contributed by atoms with Gasteiger partial charge >= 0.3 is 9.05 Å². The molecule has 0 saturated heterocycles. The number of hydrogen-bond donors (Lipinski definition) is 4. The van der Waals surface area contributed by atoms with Crippen molar-refractivity contribution in [1.29, 1.82) is 0 Å². The molecule has 7 heavy (non-hydrogen) atoms. The zero-order valence-electron chi connectivity index (χ0n) is 3.00. The van der Waals surface area contributed by atoms with Gasteiger partial charge in [0.05, 0.1) is 0 Å². The molecule has 0 unspecified atom stereocenters. The third-order valence-corrected chi connectivity index (χ3v) is 0. The summed E-state index contributed by atoms with van der Waals surface area (Å²) in [6.07, 6.45) is 0. The van der Waals surface area contributed by atoms with Gasteiger partial charge in [-0.2, -0.15) is 0 Å². The fraction of sp³-hybridized carbons (Fsp3) is 0. The first-order valence-corrected chi connectivity index (χ1v) is 2.68. The molecule has 0 saturated carbocycles. The molecule has 51 valence electrons. The Morgan fingerprint density at radius 3 is 0.857 bits per heavy atom. The van der Waals surface area contributed by atoms with E-state index in [0.29, 0.717) is 0 Å². The van der Waals surface area contributed by atoms with E-state index in [1.807, 2.05) is 0 Å². The van der Waals surface area contributed by atoms with E-state index in [1.165, 1.54) is 0 Å². The van der Waals surface area contributed by atoms with E-state index in [1.54, 1.807) is 0 Å². The van der Waals surface area contributed by atoms with E-state index in [2.05, 4.69) is 0 Å². The van der Waals surface area contributed by atoms with Crippen molar-refractivity contribution < 1.29 is 41.6 Å². The average Bonchev–Trinajstić information content (AvgIpc) is 0.722. The molecular weight excluding hydrogens is 235 g/mol. The summed E-state index contributed by atoms with van der Waals surface area (Å²) >= 11 is 0. The standard InChI is InChI=1S/Ag.ClH.H4O4Si/c;;1-5(2,3)4/h;1H;1-4H. The first kappa shape index (κ1) is 15.7. The van der Waals surface area contributed by atoms with Crippen molar-refractivity contribution in [3.05, 3.63) is 0 Å². The minimum Gasteiger partial charge on any atom is -0.368 e. The van der Waals surface area contributed by atoms with E-state index < -0.39 is 9.05 Å². The monoisotopic (exact) mass is 239 g/mol. The topological polar surface area (TPSA) is 80.9 Å². The van der Waals surface area contributed by atoms with E-state index in [9.17, 15) is 0 Å². The van der Waals surface area contributed by atoms with Crippen molar-refractivity contribution in [2.24, 2.45) is 0 Å². The van der Waals surface area contributed by atoms with Gasteiger partial charge in [0.2, 0.25) is 0 Å². The third kappa shape index (κ3) is 155. The van der Waals surface area contributed by atoms with Gasteiger partial charge < -0.3 is 19.2 Å². The van der Waals surface area contributed by atoms with Crippen LogP contribution in [0.25, 0.3) is 0 Å². The SMILES string of the molecule is Cl.O[Si](O)(O)O.[Ag]. The van der Waals surface area contributed by atoms with Crippen LogP contribution in [-0.4, -0.2) is 28.2 Å². The first-order valence-electron chi connectivity index (χ1n) is 0.894.